The first-order valence-electron chi connectivity index (χ1n) is 2.70. The maximum absolute atomic E-state index is 3.39. The lowest BCUT2D eigenvalue weighted by molar-refractivity contribution is 0.741. The third-order valence-electron chi connectivity index (χ3n) is 1.84. The van der Waals surface area contributed by atoms with Gasteiger partial charge in [-0.1, -0.05) is 0 Å². The van der Waals surface area contributed by atoms with Gasteiger partial charge in [-0.25, -0.2) is 0 Å². The first-order valence-corrected chi connectivity index (χ1v) is 2.70. The van der Waals surface area contributed by atoms with Crippen LogP contribution in [0.2, 0.25) is 0 Å². The Labute approximate surface area is 37.7 Å². The fourth-order valence-corrected chi connectivity index (χ4v) is 1.27. The molecule has 0 aromatic rings. The highest BCUT2D eigenvalue weighted by Gasteiger charge is 2.40. The second kappa shape index (κ2) is 0.784. The van der Waals surface area contributed by atoms with E-state index in [1.54, 1.807) is 0 Å². The molecular weight excluding hydrogens is 74.1 g/mol. The molecule has 0 bridgehead atoms. The van der Waals surface area contributed by atoms with E-state index in [1.807, 2.05) is 0 Å². The summed E-state index contributed by atoms with van der Waals surface area (Å²) in [6, 6.07) is 0.963. The molecule has 0 aromatic carbocycles. The van der Waals surface area contributed by atoms with Gasteiger partial charge in [0.15, 0.2) is 0 Å². The molecule has 2 fully saturated rings. The molecule has 1 saturated carbocycles. The van der Waals surface area contributed by atoms with Crippen LogP contribution in [0.4, 0.5) is 0 Å². The number of piperidine rings is 1. The van der Waals surface area contributed by atoms with Crippen LogP contribution in [0, 0.1) is 5.92 Å². The fraction of sp³-hybridized carbons (Fsp3) is 1.00. The zero-order valence-corrected chi connectivity index (χ0v) is 3.78. The standard InChI is InChI=1S/C5H9N/c1-2-6-5-3-4(1)5/h4-6H,1-3H2/t4?,5-/m1/s1. The van der Waals surface area contributed by atoms with Crippen LogP contribution in [0.1, 0.15) is 12.8 Å². The van der Waals surface area contributed by atoms with Gasteiger partial charge in [-0.3, -0.25) is 0 Å². The molecule has 34 valence electrons. The highest BCUT2D eigenvalue weighted by Crippen LogP contribution is 2.37. The van der Waals surface area contributed by atoms with Gasteiger partial charge in [-0.15, -0.1) is 0 Å². The highest BCUT2D eigenvalue weighted by atomic mass is 15.0. The first-order chi connectivity index (χ1) is 2.97. The SMILES string of the molecule is C1CC2C[C@H]2N1. The molecule has 2 aliphatic rings. The van der Waals surface area contributed by atoms with Crippen molar-refractivity contribution in [1.29, 1.82) is 0 Å². The Morgan fingerprint density at radius 1 is 1.50 bits per heavy atom. The van der Waals surface area contributed by atoms with Crippen LogP contribution in [0.5, 0.6) is 0 Å². The molecule has 1 aliphatic carbocycles. The van der Waals surface area contributed by atoms with Crippen molar-refractivity contribution in [3.63, 3.8) is 0 Å². The number of hydrogen-bond donors (Lipinski definition) is 1. The van der Waals surface area contributed by atoms with E-state index in [2.05, 4.69) is 5.32 Å². The smallest absolute Gasteiger partial charge is 0.00996 e. The van der Waals surface area contributed by atoms with Gasteiger partial charge in [0.25, 0.3) is 0 Å². The fourth-order valence-electron chi connectivity index (χ4n) is 1.27. The summed E-state index contributed by atoms with van der Waals surface area (Å²) in [5, 5.41) is 3.39. The summed E-state index contributed by atoms with van der Waals surface area (Å²) in [4.78, 5) is 0. The van der Waals surface area contributed by atoms with Crippen molar-refractivity contribution in [2.75, 3.05) is 6.54 Å². The summed E-state index contributed by atoms with van der Waals surface area (Å²) in [6.07, 6.45) is 2.92. The van der Waals surface area contributed by atoms with Gasteiger partial charge in [0.1, 0.15) is 0 Å². The molecule has 6 heavy (non-hydrogen) atoms. The van der Waals surface area contributed by atoms with Crippen LogP contribution in [0.3, 0.4) is 0 Å². The molecule has 2 rings (SSSR count). The normalized spacial score (nSPS) is 52.0. The molecule has 1 aliphatic heterocycles. The van der Waals surface area contributed by atoms with Crippen LogP contribution < -0.4 is 5.32 Å². The third-order valence-corrected chi connectivity index (χ3v) is 1.84. The molecular formula is C5H9N. The zero-order valence-electron chi connectivity index (χ0n) is 3.78. The lowest BCUT2D eigenvalue weighted by atomic mass is 10.3. The van der Waals surface area contributed by atoms with E-state index in [9.17, 15) is 0 Å². The van der Waals surface area contributed by atoms with Gasteiger partial charge in [0.05, 0.1) is 0 Å². The average molecular weight is 83.1 g/mol. The van der Waals surface area contributed by atoms with E-state index in [0.717, 1.165) is 12.0 Å². The number of hydrogen-bond acceptors (Lipinski definition) is 1. The Bertz CT molecular complexity index is 62.3. The van der Waals surface area contributed by atoms with Crippen molar-refractivity contribution in [2.24, 2.45) is 5.92 Å². The van der Waals surface area contributed by atoms with Crippen molar-refractivity contribution in [1.82, 2.24) is 5.32 Å². The molecule has 0 aromatic heterocycles. The second-order valence-corrected chi connectivity index (χ2v) is 2.35. The molecule has 1 N–H and O–H groups in total. The highest BCUT2D eigenvalue weighted by molar-refractivity contribution is 4.98. The molecule has 1 unspecified atom stereocenters. The molecule has 1 nitrogen and oxygen atoms in total. The topological polar surface area (TPSA) is 12.0 Å². The lowest BCUT2D eigenvalue weighted by Gasteiger charge is -1.86. The Morgan fingerprint density at radius 2 is 2.50 bits per heavy atom. The minimum absolute atomic E-state index is 0.963. The van der Waals surface area contributed by atoms with Crippen molar-refractivity contribution >= 4 is 0 Å². The van der Waals surface area contributed by atoms with Gasteiger partial charge in [0, 0.05) is 6.04 Å². The maximum atomic E-state index is 3.39. The molecule has 1 heterocycles. The Kier molecular flexibility index (Phi) is 0.396. The summed E-state index contributed by atoms with van der Waals surface area (Å²) < 4.78 is 0. The minimum Gasteiger partial charge on any atom is -0.314 e. The molecule has 0 spiro atoms. The monoisotopic (exact) mass is 83.1 g/mol. The van der Waals surface area contributed by atoms with Crippen LogP contribution in [-0.4, -0.2) is 12.6 Å². The van der Waals surface area contributed by atoms with Gasteiger partial charge in [-0.05, 0) is 25.3 Å². The predicted octanol–water partition coefficient (Wildman–Crippen LogP) is 0.368. The van der Waals surface area contributed by atoms with Gasteiger partial charge >= 0.3 is 0 Å². The third kappa shape index (κ3) is 0.243. The summed E-state index contributed by atoms with van der Waals surface area (Å²) in [5.74, 6) is 1.10. The van der Waals surface area contributed by atoms with E-state index in [0.29, 0.717) is 0 Å². The van der Waals surface area contributed by atoms with Crippen LogP contribution in [0.25, 0.3) is 0 Å². The van der Waals surface area contributed by atoms with E-state index in [1.165, 1.54) is 19.4 Å². The Balaban J connectivity index is 2.09. The van der Waals surface area contributed by atoms with E-state index in [-0.39, 0.29) is 0 Å². The Hall–Kier alpha value is -0.0400. The lowest BCUT2D eigenvalue weighted by Crippen LogP contribution is -2.10. The average Bonchev–Trinajstić information content (AvgIpc) is 2.17. The zero-order chi connectivity index (χ0) is 3.98. The summed E-state index contributed by atoms with van der Waals surface area (Å²) >= 11 is 0. The number of nitrogens with one attached hydrogen (secondary N) is 1. The van der Waals surface area contributed by atoms with E-state index in [4.69, 9.17) is 0 Å². The quantitative estimate of drug-likeness (QED) is 0.446. The van der Waals surface area contributed by atoms with Gasteiger partial charge < -0.3 is 5.32 Å². The molecule has 1 heteroatoms. The van der Waals surface area contributed by atoms with E-state index < -0.39 is 0 Å². The van der Waals surface area contributed by atoms with Crippen molar-refractivity contribution in [2.45, 2.75) is 18.9 Å². The number of fused-ring (bicyclic) bond motifs is 1. The van der Waals surface area contributed by atoms with Crippen molar-refractivity contribution in [3.05, 3.63) is 0 Å². The molecule has 2 atom stereocenters. The summed E-state index contributed by atoms with van der Waals surface area (Å²) in [6.45, 7) is 1.29. The van der Waals surface area contributed by atoms with Gasteiger partial charge in [-0.2, -0.15) is 0 Å². The van der Waals surface area contributed by atoms with Crippen LogP contribution in [-0.2, 0) is 0 Å². The number of rotatable bonds is 0. The summed E-state index contributed by atoms with van der Waals surface area (Å²) in [7, 11) is 0. The van der Waals surface area contributed by atoms with Crippen molar-refractivity contribution < 1.29 is 0 Å². The molecule has 0 amide bonds. The summed E-state index contributed by atoms with van der Waals surface area (Å²) in [5.41, 5.74) is 0. The minimum atomic E-state index is 0.963. The molecule has 0 radical (unpaired) electrons. The molecule has 1 saturated heterocycles. The van der Waals surface area contributed by atoms with Crippen molar-refractivity contribution in [3.8, 4) is 0 Å². The predicted molar refractivity (Wildman–Crippen MR) is 24.5 cm³/mol. The van der Waals surface area contributed by atoms with Crippen LogP contribution >= 0.6 is 0 Å². The largest absolute Gasteiger partial charge is 0.314 e. The van der Waals surface area contributed by atoms with Crippen LogP contribution in [0.15, 0.2) is 0 Å². The second-order valence-electron chi connectivity index (χ2n) is 2.35. The Morgan fingerprint density at radius 3 is 2.67 bits per heavy atom. The van der Waals surface area contributed by atoms with Gasteiger partial charge in [0.2, 0.25) is 0 Å². The van der Waals surface area contributed by atoms with E-state index >= 15 is 0 Å². The maximum Gasteiger partial charge on any atom is 0.00996 e. The first kappa shape index (κ1) is 3.03.